The topological polar surface area (TPSA) is 0 Å². The van der Waals surface area contributed by atoms with Crippen LogP contribution in [0.3, 0.4) is 0 Å². The molecule has 0 fully saturated rings. The fourth-order valence-electron chi connectivity index (χ4n) is 0.950. The first-order valence-corrected chi connectivity index (χ1v) is 4.43. The van der Waals surface area contributed by atoms with Gasteiger partial charge >= 0.3 is 0 Å². The largest absolute Gasteiger partial charge is 0.302 e. The first-order chi connectivity index (χ1) is 4.98. The fourth-order valence-corrected chi connectivity index (χ4v) is 0.950. The molecule has 0 rings (SSSR count). The molecule has 1 nitrogen and oxygen atoms in total. The van der Waals surface area contributed by atoms with Crippen molar-refractivity contribution in [2.45, 2.75) is 38.9 Å². The van der Waals surface area contributed by atoms with Crippen molar-refractivity contribution >= 4 is 0 Å². The minimum absolute atomic E-state index is 0.434. The summed E-state index contributed by atoms with van der Waals surface area (Å²) in [6.07, 6.45) is 3.36. The van der Waals surface area contributed by atoms with Crippen LogP contribution in [0.25, 0.3) is 0 Å². The molecular formula is C9H21FN+. The van der Waals surface area contributed by atoms with Gasteiger partial charge in [-0.3, -0.25) is 0 Å². The molecule has 0 amide bonds. The molecule has 0 aromatic heterocycles. The highest BCUT2D eigenvalue weighted by molar-refractivity contribution is 4.44. The average Bonchev–Trinajstić information content (AvgIpc) is 1.86. The molecule has 1 atom stereocenters. The maximum absolute atomic E-state index is 13.2. The quantitative estimate of drug-likeness (QED) is 0.331. The zero-order valence-electron chi connectivity index (χ0n) is 8.23. The summed E-state index contributed by atoms with van der Waals surface area (Å²) in [6, 6.07) is 0. The molecule has 0 aliphatic rings. The molecule has 0 aromatic rings. The van der Waals surface area contributed by atoms with Gasteiger partial charge in [0.2, 0.25) is 6.30 Å². The van der Waals surface area contributed by atoms with Gasteiger partial charge in [0.05, 0.1) is 21.1 Å². The van der Waals surface area contributed by atoms with E-state index in [-0.39, 0.29) is 0 Å². The SMILES string of the molecule is CCCCCC(F)[N+](C)(C)C. The second-order valence-electron chi connectivity index (χ2n) is 4.05. The molecule has 0 saturated carbocycles. The molecule has 1 unspecified atom stereocenters. The van der Waals surface area contributed by atoms with Crippen molar-refractivity contribution in [3.05, 3.63) is 0 Å². The number of rotatable bonds is 5. The summed E-state index contributed by atoms with van der Waals surface area (Å²) < 4.78 is 13.6. The Balaban J connectivity index is 3.44. The highest BCUT2D eigenvalue weighted by Gasteiger charge is 2.21. The smallest absolute Gasteiger partial charge is 0.231 e. The van der Waals surface area contributed by atoms with Crippen molar-refractivity contribution in [1.29, 1.82) is 0 Å². The van der Waals surface area contributed by atoms with Gasteiger partial charge in [-0.25, -0.2) is 0 Å². The van der Waals surface area contributed by atoms with Crippen molar-refractivity contribution in [3.8, 4) is 0 Å². The lowest BCUT2D eigenvalue weighted by Crippen LogP contribution is -2.42. The van der Waals surface area contributed by atoms with Crippen LogP contribution in [0.4, 0.5) is 4.39 Å². The van der Waals surface area contributed by atoms with Crippen LogP contribution in [0.15, 0.2) is 0 Å². The number of halogens is 1. The molecular weight excluding hydrogens is 141 g/mol. The van der Waals surface area contributed by atoms with Gasteiger partial charge in [-0.1, -0.05) is 19.8 Å². The molecule has 11 heavy (non-hydrogen) atoms. The summed E-state index contributed by atoms with van der Waals surface area (Å²) in [6.45, 7) is 2.14. The molecule has 0 saturated heterocycles. The first kappa shape index (κ1) is 10.9. The third-order valence-corrected chi connectivity index (χ3v) is 1.89. The van der Waals surface area contributed by atoms with Gasteiger partial charge in [0.25, 0.3) is 0 Å². The van der Waals surface area contributed by atoms with Crippen LogP contribution in [0, 0.1) is 0 Å². The Hall–Kier alpha value is -0.110. The van der Waals surface area contributed by atoms with E-state index in [0.29, 0.717) is 10.9 Å². The van der Waals surface area contributed by atoms with Gasteiger partial charge < -0.3 is 4.48 Å². The predicted octanol–water partition coefficient (Wildman–Crippen LogP) is 2.57. The number of alkyl halides is 1. The summed E-state index contributed by atoms with van der Waals surface area (Å²) in [5.41, 5.74) is 0. The zero-order chi connectivity index (χ0) is 8.91. The van der Waals surface area contributed by atoms with E-state index < -0.39 is 6.30 Å². The highest BCUT2D eigenvalue weighted by atomic mass is 19.1. The molecule has 0 spiro atoms. The lowest BCUT2D eigenvalue weighted by atomic mass is 10.2. The number of hydrogen-bond acceptors (Lipinski definition) is 0. The Labute approximate surface area is 69.8 Å². The van der Waals surface area contributed by atoms with E-state index in [2.05, 4.69) is 6.92 Å². The third kappa shape index (κ3) is 5.19. The fraction of sp³-hybridized carbons (Fsp3) is 1.00. The summed E-state index contributed by atoms with van der Waals surface area (Å²) in [4.78, 5) is 0. The van der Waals surface area contributed by atoms with Crippen LogP contribution < -0.4 is 0 Å². The van der Waals surface area contributed by atoms with Crippen molar-refractivity contribution < 1.29 is 8.87 Å². The van der Waals surface area contributed by atoms with Crippen LogP contribution >= 0.6 is 0 Å². The average molecular weight is 162 g/mol. The standard InChI is InChI=1S/C9H21FN/c1-5-6-7-8-9(10)11(2,3)4/h9H,5-8H2,1-4H3/q+1. The molecule has 0 bridgehead atoms. The second kappa shape index (κ2) is 4.70. The zero-order valence-corrected chi connectivity index (χ0v) is 8.23. The molecule has 0 aliphatic carbocycles. The molecule has 68 valence electrons. The Morgan fingerprint density at radius 2 is 1.73 bits per heavy atom. The van der Waals surface area contributed by atoms with Crippen LogP contribution in [0.1, 0.15) is 32.6 Å². The molecule has 0 N–H and O–H groups in total. The minimum Gasteiger partial charge on any atom is -0.302 e. The van der Waals surface area contributed by atoms with Crippen LogP contribution in [-0.2, 0) is 0 Å². The van der Waals surface area contributed by atoms with Crippen LogP contribution in [-0.4, -0.2) is 31.9 Å². The Morgan fingerprint density at radius 1 is 1.18 bits per heavy atom. The Bertz CT molecular complexity index is 96.2. The van der Waals surface area contributed by atoms with E-state index in [4.69, 9.17) is 0 Å². The van der Waals surface area contributed by atoms with Crippen molar-refractivity contribution in [1.82, 2.24) is 0 Å². The maximum atomic E-state index is 13.2. The number of hydrogen-bond donors (Lipinski definition) is 0. The van der Waals surface area contributed by atoms with E-state index in [9.17, 15) is 4.39 Å². The predicted molar refractivity (Wildman–Crippen MR) is 47.1 cm³/mol. The van der Waals surface area contributed by atoms with Gasteiger partial charge in [0.1, 0.15) is 0 Å². The van der Waals surface area contributed by atoms with E-state index in [1.807, 2.05) is 21.1 Å². The monoisotopic (exact) mass is 162 g/mol. The van der Waals surface area contributed by atoms with Crippen LogP contribution in [0.5, 0.6) is 0 Å². The molecule has 0 radical (unpaired) electrons. The van der Waals surface area contributed by atoms with Gasteiger partial charge in [-0.2, -0.15) is 4.39 Å². The van der Waals surface area contributed by atoms with E-state index in [0.717, 1.165) is 12.8 Å². The number of nitrogens with zero attached hydrogens (tertiary/aromatic N) is 1. The Kier molecular flexibility index (Phi) is 4.66. The summed E-state index contributed by atoms with van der Waals surface area (Å²) >= 11 is 0. The highest BCUT2D eigenvalue weighted by Crippen LogP contribution is 2.12. The van der Waals surface area contributed by atoms with Gasteiger partial charge in [0, 0.05) is 6.42 Å². The summed E-state index contributed by atoms with van der Waals surface area (Å²) in [5.74, 6) is 0. The summed E-state index contributed by atoms with van der Waals surface area (Å²) in [7, 11) is 5.70. The summed E-state index contributed by atoms with van der Waals surface area (Å²) in [5, 5.41) is 0. The van der Waals surface area contributed by atoms with Gasteiger partial charge in [-0.15, -0.1) is 0 Å². The van der Waals surface area contributed by atoms with Gasteiger partial charge in [-0.05, 0) is 6.42 Å². The van der Waals surface area contributed by atoms with E-state index >= 15 is 0 Å². The van der Waals surface area contributed by atoms with Crippen molar-refractivity contribution in [3.63, 3.8) is 0 Å². The molecule has 0 aromatic carbocycles. The van der Waals surface area contributed by atoms with Crippen molar-refractivity contribution in [2.24, 2.45) is 0 Å². The lowest BCUT2D eigenvalue weighted by Gasteiger charge is -2.27. The van der Waals surface area contributed by atoms with Crippen molar-refractivity contribution in [2.75, 3.05) is 21.1 Å². The van der Waals surface area contributed by atoms with Crippen LogP contribution in [0.2, 0.25) is 0 Å². The van der Waals surface area contributed by atoms with Gasteiger partial charge in [0.15, 0.2) is 0 Å². The third-order valence-electron chi connectivity index (χ3n) is 1.89. The Morgan fingerprint density at radius 3 is 2.09 bits per heavy atom. The minimum atomic E-state index is -0.693. The number of unbranched alkanes of at least 4 members (excludes halogenated alkanes) is 2. The van der Waals surface area contributed by atoms with E-state index in [1.54, 1.807) is 0 Å². The second-order valence-corrected chi connectivity index (χ2v) is 4.05. The molecule has 0 heterocycles. The number of quaternary nitrogens is 1. The maximum Gasteiger partial charge on any atom is 0.231 e. The molecule has 0 aliphatic heterocycles. The normalized spacial score (nSPS) is 15.0. The lowest BCUT2D eigenvalue weighted by molar-refractivity contribution is -0.911. The molecule has 2 heteroatoms. The first-order valence-electron chi connectivity index (χ1n) is 4.43. The van der Waals surface area contributed by atoms with E-state index in [1.165, 1.54) is 6.42 Å².